The van der Waals surface area contributed by atoms with E-state index in [4.69, 9.17) is 0 Å². The Labute approximate surface area is 521 Å². The van der Waals surface area contributed by atoms with Crippen LogP contribution in [-0.2, 0) is 78.0 Å². The van der Waals surface area contributed by atoms with E-state index >= 15 is 0 Å². The van der Waals surface area contributed by atoms with Gasteiger partial charge in [0, 0.05) is 183 Å². The van der Waals surface area contributed by atoms with Gasteiger partial charge in [0.25, 0.3) is 0 Å². The van der Waals surface area contributed by atoms with Crippen molar-refractivity contribution in [3.8, 4) is 23.0 Å². The topological polar surface area (TPSA) is 107 Å². The molecule has 0 spiro atoms. The molecule has 1 aliphatic carbocycles. The maximum atomic E-state index is 12.8. The predicted octanol–water partition coefficient (Wildman–Crippen LogP) is 10.5. The minimum absolute atomic E-state index is 0.207. The lowest BCUT2D eigenvalue weighted by atomic mass is 9.88. The summed E-state index contributed by atoms with van der Waals surface area (Å²) in [5.41, 5.74) is 15.8. The van der Waals surface area contributed by atoms with E-state index < -0.39 is 0 Å². The lowest BCUT2D eigenvalue weighted by molar-refractivity contribution is 0.122. The van der Waals surface area contributed by atoms with E-state index in [0.717, 1.165) is 224 Å². The second-order valence-electron chi connectivity index (χ2n) is 25.9. The summed E-state index contributed by atoms with van der Waals surface area (Å²) in [6, 6.07) is 60.3. The van der Waals surface area contributed by atoms with Crippen LogP contribution in [0.5, 0.6) is 23.0 Å². The lowest BCUT2D eigenvalue weighted by Crippen LogP contribution is -2.45. The zero-order valence-corrected chi connectivity index (χ0v) is 51.3. The third kappa shape index (κ3) is 15.2. The van der Waals surface area contributed by atoms with Crippen molar-refractivity contribution in [2.75, 3.05) is 105 Å². The SMILES string of the molecule is Oc1c2cc(CN3CCN(Cc4ccccc4)CC3)cc1Cc1cc(CN3CCN(Cc4ccccc4)CC3)cc(c1O)Cc1cc(CN3CCN(Cc4ccccc4)CC3)cc(c1O)Cc1cc(CN3CCN(Cc4ccccc4)CC3)cc(c1O)C2. The van der Waals surface area contributed by atoms with E-state index in [0.29, 0.717) is 25.7 Å². The summed E-state index contributed by atoms with van der Waals surface area (Å²) in [6.07, 6.45) is 1.26. The van der Waals surface area contributed by atoms with Crippen molar-refractivity contribution < 1.29 is 20.4 Å². The normalized spacial score (nSPS) is 18.2. The van der Waals surface area contributed by atoms with Crippen molar-refractivity contribution in [3.05, 3.63) is 259 Å². The minimum Gasteiger partial charge on any atom is -0.507 e. The van der Waals surface area contributed by atoms with Gasteiger partial charge in [0.1, 0.15) is 23.0 Å². The number of phenolic OH excluding ortho intramolecular Hbond substituents is 4. The molecule has 0 amide bonds. The average molecular weight is 1180 g/mol. The molecule has 8 bridgehead atoms. The van der Waals surface area contributed by atoms with Gasteiger partial charge in [-0.3, -0.25) is 39.2 Å². The van der Waals surface area contributed by atoms with Crippen LogP contribution in [0, 0.1) is 0 Å². The Bertz CT molecular complexity index is 3030. The summed E-state index contributed by atoms with van der Waals surface area (Å²) in [5, 5.41) is 51.1. The Morgan fingerprint density at radius 2 is 0.330 bits per heavy atom. The summed E-state index contributed by atoms with van der Waals surface area (Å²) in [5.74, 6) is 0.829. The Morgan fingerprint density at radius 3 is 0.477 bits per heavy atom. The van der Waals surface area contributed by atoms with E-state index in [2.05, 4.69) is 209 Å². The van der Waals surface area contributed by atoms with Crippen LogP contribution in [-0.4, -0.2) is 164 Å². The van der Waals surface area contributed by atoms with Gasteiger partial charge in [-0.1, -0.05) is 170 Å². The number of phenols is 4. The van der Waals surface area contributed by atoms with Crippen molar-refractivity contribution in [2.45, 2.75) is 78.0 Å². The van der Waals surface area contributed by atoms with Gasteiger partial charge in [-0.25, -0.2) is 0 Å². The van der Waals surface area contributed by atoms with Crippen LogP contribution in [0.2, 0.25) is 0 Å². The van der Waals surface area contributed by atoms with Crippen LogP contribution < -0.4 is 0 Å². The van der Waals surface area contributed by atoms with E-state index in [9.17, 15) is 20.4 Å². The molecule has 12 heteroatoms. The molecule has 4 aliphatic heterocycles. The first kappa shape index (κ1) is 59.6. The molecule has 5 aliphatic rings. The van der Waals surface area contributed by atoms with E-state index in [-0.39, 0.29) is 23.0 Å². The number of benzene rings is 8. The van der Waals surface area contributed by atoms with E-state index in [1.165, 1.54) is 22.3 Å². The van der Waals surface area contributed by atoms with Gasteiger partial charge >= 0.3 is 0 Å². The molecule has 456 valence electrons. The second kappa shape index (κ2) is 28.0. The number of hydrogen-bond donors (Lipinski definition) is 4. The molecular weight excluding hydrogens is 1090 g/mol. The highest BCUT2D eigenvalue weighted by atomic mass is 16.3. The molecular formula is C76H88N8O4. The first-order valence-corrected chi connectivity index (χ1v) is 32.4. The highest BCUT2D eigenvalue weighted by Crippen LogP contribution is 2.40. The van der Waals surface area contributed by atoms with Gasteiger partial charge in [-0.15, -0.1) is 0 Å². The summed E-state index contributed by atoms with van der Waals surface area (Å²) in [7, 11) is 0. The number of rotatable bonds is 16. The first-order chi connectivity index (χ1) is 43.1. The van der Waals surface area contributed by atoms with E-state index in [1.54, 1.807) is 0 Å². The number of hydrogen-bond acceptors (Lipinski definition) is 12. The van der Waals surface area contributed by atoms with Gasteiger partial charge in [-0.2, -0.15) is 0 Å². The summed E-state index contributed by atoms with van der Waals surface area (Å²) in [6.45, 7) is 21.8. The molecule has 8 aromatic carbocycles. The van der Waals surface area contributed by atoms with E-state index in [1.807, 2.05) is 0 Å². The minimum atomic E-state index is 0.207. The first-order valence-electron chi connectivity index (χ1n) is 32.4. The molecule has 88 heavy (non-hydrogen) atoms. The zero-order chi connectivity index (χ0) is 59.8. The summed E-state index contributed by atoms with van der Waals surface area (Å²) in [4.78, 5) is 20.3. The molecule has 4 fully saturated rings. The molecule has 0 atom stereocenters. The van der Waals surface area contributed by atoms with Crippen molar-refractivity contribution in [2.24, 2.45) is 0 Å². The molecule has 4 heterocycles. The molecule has 0 radical (unpaired) electrons. The molecule has 4 saturated heterocycles. The third-order valence-electron chi connectivity index (χ3n) is 19.3. The van der Waals surface area contributed by atoms with Gasteiger partial charge < -0.3 is 20.4 Å². The number of piperazine rings is 4. The van der Waals surface area contributed by atoms with Gasteiger partial charge in [-0.05, 0) is 89.0 Å². The third-order valence-corrected chi connectivity index (χ3v) is 19.3. The standard InChI is InChI=1S/C76H88N8O4/c85-73-65-37-61(53-81-29-21-77(22-30-81)49-57-13-5-1-6-14-57)38-66(73)46-68-40-63(55-83-33-25-79(26-34-83)51-59-17-9-3-10-18-59)42-70(75(68)87)48-72-44-64(56-84-35-27-80(28-36-84)52-60-19-11-4-12-20-60)43-71(76(72)88)47-69-41-62(39-67(45-65)74(69)86)54-82-31-23-78(24-32-82)50-58-15-7-2-8-16-58/h1-20,37-44,85-88H,21-36,45-56H2. The van der Waals surface area contributed by atoms with Gasteiger partial charge in [0.15, 0.2) is 0 Å². The van der Waals surface area contributed by atoms with Crippen LogP contribution in [0.4, 0.5) is 0 Å². The Balaban J connectivity index is 0.842. The fraction of sp³-hybridized carbons (Fsp3) is 0.368. The largest absolute Gasteiger partial charge is 0.507 e. The monoisotopic (exact) mass is 1180 g/mol. The quantitative estimate of drug-likeness (QED) is 0.0740. The Hall–Kier alpha value is -7.36. The van der Waals surface area contributed by atoms with Crippen LogP contribution in [0.3, 0.4) is 0 Å². The molecule has 0 aromatic heterocycles. The Morgan fingerprint density at radius 1 is 0.193 bits per heavy atom. The van der Waals surface area contributed by atoms with Crippen LogP contribution in [0.15, 0.2) is 170 Å². The van der Waals surface area contributed by atoms with Crippen molar-refractivity contribution in [3.63, 3.8) is 0 Å². The molecule has 8 aromatic rings. The smallest absolute Gasteiger partial charge is 0.122 e. The molecule has 0 unspecified atom stereocenters. The van der Waals surface area contributed by atoms with Crippen LogP contribution >= 0.6 is 0 Å². The number of nitrogens with zero attached hydrogens (tertiary/aromatic N) is 8. The average Bonchev–Trinajstić information content (AvgIpc) is 3.62. The van der Waals surface area contributed by atoms with Gasteiger partial charge in [0.2, 0.25) is 0 Å². The molecule has 12 nitrogen and oxygen atoms in total. The van der Waals surface area contributed by atoms with Crippen molar-refractivity contribution in [1.29, 1.82) is 0 Å². The fourth-order valence-corrected chi connectivity index (χ4v) is 14.4. The predicted molar refractivity (Wildman–Crippen MR) is 352 cm³/mol. The fourth-order valence-electron chi connectivity index (χ4n) is 14.4. The maximum absolute atomic E-state index is 12.8. The van der Waals surface area contributed by atoms with Gasteiger partial charge in [0.05, 0.1) is 0 Å². The van der Waals surface area contributed by atoms with Crippen molar-refractivity contribution >= 4 is 0 Å². The van der Waals surface area contributed by atoms with Crippen molar-refractivity contribution in [1.82, 2.24) is 39.2 Å². The molecule has 13 rings (SSSR count). The highest BCUT2D eigenvalue weighted by molar-refractivity contribution is 5.58. The summed E-state index contributed by atoms with van der Waals surface area (Å²) >= 11 is 0. The lowest BCUT2D eigenvalue weighted by Gasteiger charge is -2.35. The highest BCUT2D eigenvalue weighted by Gasteiger charge is 2.27. The molecule has 4 N–H and O–H groups in total. The Kier molecular flexibility index (Phi) is 19.0. The summed E-state index contributed by atoms with van der Waals surface area (Å²) < 4.78 is 0. The number of fused-ring (bicyclic) bond motifs is 8. The van der Waals surface area contributed by atoms with Crippen LogP contribution in [0.25, 0.3) is 0 Å². The second-order valence-corrected chi connectivity index (χ2v) is 25.9. The number of aromatic hydroxyl groups is 4. The van der Waals surface area contributed by atoms with Crippen LogP contribution in [0.1, 0.15) is 89.0 Å². The maximum Gasteiger partial charge on any atom is 0.122 e. The molecule has 0 saturated carbocycles. The zero-order valence-electron chi connectivity index (χ0n) is 51.3.